The zero-order valence-corrected chi connectivity index (χ0v) is 13.5. The predicted octanol–water partition coefficient (Wildman–Crippen LogP) is 1.75. The van der Waals surface area contributed by atoms with E-state index in [0.29, 0.717) is 5.76 Å². The van der Waals surface area contributed by atoms with Gasteiger partial charge in [-0.25, -0.2) is 13.2 Å². The SMILES string of the molecule is O=C(COC(=O)c1ccc(S(=O)(=O)C(F)F)cc1)NCc1ccco1. The Bertz CT molecular complexity index is 831. The smallest absolute Gasteiger partial charge is 0.341 e. The number of hydrogen-bond donors (Lipinski definition) is 1. The lowest BCUT2D eigenvalue weighted by molar-refractivity contribution is -0.124. The van der Waals surface area contributed by atoms with Crippen molar-refractivity contribution in [3.63, 3.8) is 0 Å². The van der Waals surface area contributed by atoms with Gasteiger partial charge in [-0.15, -0.1) is 0 Å². The average molecular weight is 373 g/mol. The molecule has 0 saturated heterocycles. The fraction of sp³-hybridized carbons (Fsp3) is 0.200. The monoisotopic (exact) mass is 373 g/mol. The minimum Gasteiger partial charge on any atom is -0.467 e. The number of rotatable bonds is 7. The van der Waals surface area contributed by atoms with Crippen LogP contribution in [0.25, 0.3) is 0 Å². The largest absolute Gasteiger partial charge is 0.467 e. The third-order valence-electron chi connectivity index (χ3n) is 3.03. The number of ether oxygens (including phenoxy) is 1. The van der Waals surface area contributed by atoms with E-state index in [1.54, 1.807) is 12.1 Å². The molecule has 10 heteroatoms. The number of esters is 1. The third kappa shape index (κ3) is 4.86. The third-order valence-corrected chi connectivity index (χ3v) is 4.43. The van der Waals surface area contributed by atoms with Crippen molar-refractivity contribution in [1.29, 1.82) is 0 Å². The van der Waals surface area contributed by atoms with Crippen LogP contribution in [0.2, 0.25) is 0 Å². The molecule has 0 atom stereocenters. The van der Waals surface area contributed by atoms with Crippen LogP contribution in [0.1, 0.15) is 16.1 Å². The Morgan fingerprint density at radius 1 is 1.16 bits per heavy atom. The topological polar surface area (TPSA) is 103 Å². The van der Waals surface area contributed by atoms with E-state index in [4.69, 9.17) is 9.15 Å². The summed E-state index contributed by atoms with van der Waals surface area (Å²) in [5.74, 6) is -4.49. The minimum atomic E-state index is -4.73. The van der Waals surface area contributed by atoms with Gasteiger partial charge < -0.3 is 14.5 Å². The summed E-state index contributed by atoms with van der Waals surface area (Å²) >= 11 is 0. The highest BCUT2D eigenvalue weighted by molar-refractivity contribution is 7.91. The van der Waals surface area contributed by atoms with Crippen LogP contribution in [0.15, 0.2) is 52.0 Å². The molecule has 1 amide bonds. The summed E-state index contributed by atoms with van der Waals surface area (Å²) in [6, 6.07) is 7.10. The fourth-order valence-corrected chi connectivity index (χ4v) is 2.47. The van der Waals surface area contributed by atoms with E-state index in [9.17, 15) is 26.8 Å². The summed E-state index contributed by atoms with van der Waals surface area (Å²) in [7, 11) is -4.73. The summed E-state index contributed by atoms with van der Waals surface area (Å²) in [5.41, 5.74) is -0.0768. The Kier molecular flexibility index (Phi) is 5.86. The minimum absolute atomic E-state index is 0.0768. The van der Waals surface area contributed by atoms with Crippen molar-refractivity contribution in [1.82, 2.24) is 5.32 Å². The summed E-state index contributed by atoms with van der Waals surface area (Å²) in [6.45, 7) is -0.430. The van der Waals surface area contributed by atoms with Gasteiger partial charge in [0, 0.05) is 0 Å². The van der Waals surface area contributed by atoms with Gasteiger partial charge in [-0.2, -0.15) is 8.78 Å². The van der Waals surface area contributed by atoms with Crippen LogP contribution in [0.3, 0.4) is 0 Å². The van der Waals surface area contributed by atoms with Gasteiger partial charge in [0.2, 0.25) is 9.84 Å². The number of furan rings is 1. The summed E-state index contributed by atoms with van der Waals surface area (Å²) in [5, 5.41) is 2.46. The van der Waals surface area contributed by atoms with Crippen LogP contribution < -0.4 is 5.32 Å². The number of halogens is 2. The second kappa shape index (κ2) is 7.88. The predicted molar refractivity (Wildman–Crippen MR) is 80.5 cm³/mol. The molecule has 0 bridgehead atoms. The molecule has 0 aliphatic heterocycles. The Balaban J connectivity index is 1.87. The molecule has 1 aromatic heterocycles. The van der Waals surface area contributed by atoms with E-state index in [1.165, 1.54) is 6.26 Å². The molecule has 0 aliphatic rings. The van der Waals surface area contributed by atoms with Crippen molar-refractivity contribution >= 4 is 21.7 Å². The summed E-state index contributed by atoms with van der Waals surface area (Å²) < 4.78 is 57.1. The van der Waals surface area contributed by atoms with Crippen LogP contribution in [-0.2, 0) is 25.9 Å². The van der Waals surface area contributed by atoms with E-state index >= 15 is 0 Å². The molecular formula is C15H13F2NO6S. The lowest BCUT2D eigenvalue weighted by Crippen LogP contribution is -2.28. The quantitative estimate of drug-likeness (QED) is 0.742. The highest BCUT2D eigenvalue weighted by Gasteiger charge is 2.26. The lowest BCUT2D eigenvalue weighted by atomic mass is 10.2. The molecule has 1 aromatic carbocycles. The molecule has 2 rings (SSSR count). The molecule has 0 unspecified atom stereocenters. The van der Waals surface area contributed by atoms with Gasteiger partial charge in [-0.1, -0.05) is 0 Å². The molecule has 1 heterocycles. The number of hydrogen-bond acceptors (Lipinski definition) is 6. The van der Waals surface area contributed by atoms with Crippen molar-refractivity contribution in [3.8, 4) is 0 Å². The van der Waals surface area contributed by atoms with Crippen LogP contribution in [0.4, 0.5) is 8.78 Å². The fourth-order valence-electron chi connectivity index (χ4n) is 1.75. The average Bonchev–Trinajstić information content (AvgIpc) is 3.11. The molecule has 0 aliphatic carbocycles. The zero-order chi connectivity index (χ0) is 18.4. The Morgan fingerprint density at radius 2 is 1.84 bits per heavy atom. The first-order chi connectivity index (χ1) is 11.8. The molecular weight excluding hydrogens is 360 g/mol. The molecule has 0 spiro atoms. The first kappa shape index (κ1) is 18.6. The van der Waals surface area contributed by atoms with Crippen molar-refractivity contribution in [2.45, 2.75) is 17.2 Å². The van der Waals surface area contributed by atoms with Gasteiger partial charge in [0.05, 0.1) is 23.3 Å². The lowest BCUT2D eigenvalue weighted by Gasteiger charge is -2.07. The number of sulfone groups is 1. The first-order valence-corrected chi connectivity index (χ1v) is 8.43. The Morgan fingerprint density at radius 3 is 2.40 bits per heavy atom. The molecule has 25 heavy (non-hydrogen) atoms. The van der Waals surface area contributed by atoms with Crippen molar-refractivity contribution in [2.24, 2.45) is 0 Å². The van der Waals surface area contributed by atoms with Gasteiger partial charge in [-0.3, -0.25) is 4.79 Å². The number of benzene rings is 1. The van der Waals surface area contributed by atoms with Crippen molar-refractivity contribution in [2.75, 3.05) is 6.61 Å². The normalized spacial score (nSPS) is 11.3. The maximum absolute atomic E-state index is 12.4. The maximum Gasteiger partial charge on any atom is 0.341 e. The van der Waals surface area contributed by atoms with Gasteiger partial charge in [0.15, 0.2) is 6.61 Å². The highest BCUT2D eigenvalue weighted by Crippen LogP contribution is 2.18. The number of nitrogens with one attached hydrogen (secondary N) is 1. The standard InChI is InChI=1S/C15H13F2NO6S/c16-15(17)25(21,22)12-5-3-10(4-6-12)14(20)24-9-13(19)18-8-11-2-1-7-23-11/h1-7,15H,8-9H2,(H,18,19). The molecule has 2 aromatic rings. The van der Waals surface area contributed by atoms with Gasteiger partial charge in [0.1, 0.15) is 5.76 Å². The van der Waals surface area contributed by atoms with E-state index in [-0.39, 0.29) is 12.1 Å². The molecule has 0 fully saturated rings. The molecule has 0 saturated carbocycles. The van der Waals surface area contributed by atoms with E-state index in [0.717, 1.165) is 24.3 Å². The second-order valence-corrected chi connectivity index (χ2v) is 6.68. The van der Waals surface area contributed by atoms with Gasteiger partial charge in [-0.05, 0) is 36.4 Å². The van der Waals surface area contributed by atoms with Crippen molar-refractivity contribution < 1.29 is 35.9 Å². The highest BCUT2D eigenvalue weighted by atomic mass is 32.2. The van der Waals surface area contributed by atoms with Crippen LogP contribution in [-0.4, -0.2) is 32.7 Å². The van der Waals surface area contributed by atoms with Gasteiger partial charge in [0.25, 0.3) is 5.91 Å². The Hall–Kier alpha value is -2.75. The first-order valence-electron chi connectivity index (χ1n) is 6.89. The molecule has 134 valence electrons. The summed E-state index contributed by atoms with van der Waals surface area (Å²) in [4.78, 5) is 22.7. The number of alkyl halides is 2. The van der Waals surface area contributed by atoms with E-state index in [1.807, 2.05) is 0 Å². The Labute approximate surface area is 141 Å². The zero-order valence-electron chi connectivity index (χ0n) is 12.6. The van der Waals surface area contributed by atoms with E-state index < -0.39 is 39.0 Å². The molecule has 1 N–H and O–H groups in total. The molecule has 0 radical (unpaired) electrons. The second-order valence-electron chi connectivity index (χ2n) is 4.76. The van der Waals surface area contributed by atoms with Gasteiger partial charge >= 0.3 is 11.7 Å². The maximum atomic E-state index is 12.4. The summed E-state index contributed by atoms with van der Waals surface area (Å²) in [6.07, 6.45) is 1.44. The van der Waals surface area contributed by atoms with E-state index in [2.05, 4.69) is 5.32 Å². The number of amides is 1. The number of carbonyl (C=O) groups excluding carboxylic acids is 2. The van der Waals surface area contributed by atoms with Crippen LogP contribution >= 0.6 is 0 Å². The van der Waals surface area contributed by atoms with Crippen LogP contribution in [0.5, 0.6) is 0 Å². The van der Waals surface area contributed by atoms with Crippen LogP contribution in [0, 0.1) is 0 Å². The number of carbonyl (C=O) groups is 2. The molecule has 7 nitrogen and oxygen atoms in total. The van der Waals surface area contributed by atoms with Crippen molar-refractivity contribution in [3.05, 3.63) is 54.0 Å².